The number of hydrogen-bond acceptors (Lipinski definition) is 4. The molecule has 0 aliphatic rings. The van der Waals surface area contributed by atoms with Crippen molar-refractivity contribution in [1.29, 1.82) is 5.26 Å². The van der Waals surface area contributed by atoms with Crippen LogP contribution in [0.4, 0.5) is 5.69 Å². The second kappa shape index (κ2) is 10.1. The molecule has 4 aromatic rings. The number of aromatic nitrogens is 4. The van der Waals surface area contributed by atoms with Gasteiger partial charge in [-0.25, -0.2) is 19.8 Å². The van der Waals surface area contributed by atoms with E-state index < -0.39 is 0 Å². The lowest BCUT2D eigenvalue weighted by molar-refractivity contribution is 0.774. The monoisotopic (exact) mass is 474 g/mol. The lowest BCUT2D eigenvalue weighted by Gasteiger charge is -2.23. The van der Waals surface area contributed by atoms with Crippen LogP contribution in [0.3, 0.4) is 0 Å². The highest BCUT2D eigenvalue weighted by Gasteiger charge is 2.22. The first-order valence-corrected chi connectivity index (χ1v) is 12.2. The fourth-order valence-corrected chi connectivity index (χ4v) is 4.31. The van der Waals surface area contributed by atoms with Crippen molar-refractivity contribution in [3.05, 3.63) is 89.1 Å². The molecule has 0 atom stereocenters. The highest BCUT2D eigenvalue weighted by molar-refractivity contribution is 5.72. The maximum Gasteiger partial charge on any atom is 0.187 e. The van der Waals surface area contributed by atoms with Crippen molar-refractivity contribution >= 4 is 5.69 Å². The van der Waals surface area contributed by atoms with Crippen molar-refractivity contribution in [2.24, 2.45) is 0 Å². The van der Waals surface area contributed by atoms with Gasteiger partial charge in [0, 0.05) is 35.6 Å². The number of benzene rings is 2. The molecule has 0 spiro atoms. The molecule has 6 heteroatoms. The number of nitrogens with zero attached hydrogens (tertiary/aromatic N) is 6. The topological polar surface area (TPSA) is 71.8 Å². The van der Waals surface area contributed by atoms with Gasteiger partial charge in [0.1, 0.15) is 17.7 Å². The van der Waals surface area contributed by atoms with Gasteiger partial charge in [-0.15, -0.1) is 0 Å². The Balaban J connectivity index is 1.99. The van der Waals surface area contributed by atoms with Crippen LogP contribution in [0.15, 0.2) is 55.0 Å². The summed E-state index contributed by atoms with van der Waals surface area (Å²) < 4.78 is 2.02. The minimum Gasteiger partial charge on any atom is -0.298 e. The first-order chi connectivity index (χ1) is 17.2. The van der Waals surface area contributed by atoms with E-state index in [0.29, 0.717) is 17.2 Å². The SMILES string of the molecule is [C-]#[N+]c1cccc(-c2nc(C#N)cn2-c2c(C(C)C)cc(-c3cnc(C(C)C)nc3)cc2C(C)C)c1. The summed E-state index contributed by atoms with van der Waals surface area (Å²) in [5.74, 6) is 2.18. The highest BCUT2D eigenvalue weighted by atomic mass is 15.1. The zero-order valence-electron chi connectivity index (χ0n) is 21.6. The number of rotatable bonds is 6. The third-order valence-corrected chi connectivity index (χ3v) is 6.23. The fourth-order valence-electron chi connectivity index (χ4n) is 4.31. The molecule has 0 aliphatic heterocycles. The largest absolute Gasteiger partial charge is 0.298 e. The van der Waals surface area contributed by atoms with Gasteiger partial charge < -0.3 is 0 Å². The van der Waals surface area contributed by atoms with Gasteiger partial charge in [0.05, 0.1) is 12.3 Å². The molecule has 0 amide bonds. The van der Waals surface area contributed by atoms with Crippen LogP contribution in [0.1, 0.15) is 81.9 Å². The summed E-state index contributed by atoms with van der Waals surface area (Å²) >= 11 is 0. The van der Waals surface area contributed by atoms with Crippen molar-refractivity contribution in [1.82, 2.24) is 19.5 Å². The molecule has 2 heterocycles. The summed E-state index contributed by atoms with van der Waals surface area (Å²) in [5, 5.41) is 9.69. The molecular weight excluding hydrogens is 444 g/mol. The Hall–Kier alpha value is -4.29. The lowest BCUT2D eigenvalue weighted by Crippen LogP contribution is -2.09. The van der Waals surface area contributed by atoms with Crippen LogP contribution >= 0.6 is 0 Å². The second-order valence-corrected chi connectivity index (χ2v) is 9.89. The summed E-state index contributed by atoms with van der Waals surface area (Å²) in [5.41, 5.74) is 7.04. The van der Waals surface area contributed by atoms with Crippen LogP contribution in [0.2, 0.25) is 0 Å². The van der Waals surface area contributed by atoms with Crippen LogP contribution in [0.25, 0.3) is 33.0 Å². The summed E-state index contributed by atoms with van der Waals surface area (Å²) in [6.45, 7) is 20.3. The van der Waals surface area contributed by atoms with Crippen molar-refractivity contribution < 1.29 is 0 Å². The second-order valence-electron chi connectivity index (χ2n) is 9.89. The predicted molar refractivity (Wildman–Crippen MR) is 143 cm³/mol. The summed E-state index contributed by atoms with van der Waals surface area (Å²) in [4.78, 5) is 17.4. The van der Waals surface area contributed by atoms with Gasteiger partial charge in [-0.3, -0.25) is 4.57 Å². The van der Waals surface area contributed by atoms with Crippen molar-refractivity contribution in [3.63, 3.8) is 0 Å². The highest BCUT2D eigenvalue weighted by Crippen LogP contribution is 2.38. The van der Waals surface area contributed by atoms with Crippen LogP contribution in [0, 0.1) is 17.9 Å². The predicted octanol–water partition coefficient (Wildman–Crippen LogP) is 7.79. The zero-order valence-corrected chi connectivity index (χ0v) is 21.6. The van der Waals surface area contributed by atoms with E-state index in [-0.39, 0.29) is 17.8 Å². The Morgan fingerprint density at radius 2 is 1.50 bits per heavy atom. The van der Waals surface area contributed by atoms with Gasteiger partial charge in [0.2, 0.25) is 0 Å². The molecule has 180 valence electrons. The van der Waals surface area contributed by atoms with Gasteiger partial charge in [0.25, 0.3) is 0 Å². The van der Waals surface area contributed by atoms with Gasteiger partial charge in [-0.05, 0) is 46.7 Å². The first kappa shape index (κ1) is 24.8. The van der Waals surface area contributed by atoms with Crippen molar-refractivity contribution in [2.45, 2.75) is 59.3 Å². The lowest BCUT2D eigenvalue weighted by atomic mass is 9.88. The maximum atomic E-state index is 9.69. The molecule has 0 radical (unpaired) electrons. The number of hydrogen-bond donors (Lipinski definition) is 0. The minimum atomic E-state index is 0.212. The summed E-state index contributed by atoms with van der Waals surface area (Å²) in [6, 6.07) is 14.0. The Morgan fingerprint density at radius 1 is 0.861 bits per heavy atom. The minimum absolute atomic E-state index is 0.212. The van der Waals surface area contributed by atoms with Crippen molar-refractivity contribution in [2.75, 3.05) is 0 Å². The van der Waals surface area contributed by atoms with Crippen LogP contribution in [-0.2, 0) is 0 Å². The molecule has 6 nitrogen and oxygen atoms in total. The molecule has 0 unspecified atom stereocenters. The van der Waals surface area contributed by atoms with Crippen LogP contribution in [-0.4, -0.2) is 19.5 Å². The van der Waals surface area contributed by atoms with E-state index in [1.165, 1.54) is 0 Å². The Bertz CT molecular complexity index is 1450. The number of imidazole rings is 1. The molecule has 0 fully saturated rings. The molecule has 2 aromatic carbocycles. The van der Waals surface area contributed by atoms with E-state index in [0.717, 1.165) is 39.3 Å². The van der Waals surface area contributed by atoms with Gasteiger partial charge in [0.15, 0.2) is 11.4 Å². The van der Waals surface area contributed by atoms with E-state index in [4.69, 9.17) is 6.57 Å². The standard InChI is InChI=1S/C30H30N6/c1-18(2)26-12-22(23-15-33-29(20(5)6)34-16-23)13-27(19(3)4)28(26)36-17-25(14-31)35-30(36)21-9-8-10-24(11-21)32-7/h8-13,15-20H,1-6H3. The zero-order chi connectivity index (χ0) is 26.0. The summed E-state index contributed by atoms with van der Waals surface area (Å²) in [6.07, 6.45) is 5.60. The van der Waals surface area contributed by atoms with E-state index in [2.05, 4.69) is 79.5 Å². The maximum absolute atomic E-state index is 9.69. The molecular formula is C30H30N6. The van der Waals surface area contributed by atoms with E-state index >= 15 is 0 Å². The Labute approximate surface area is 213 Å². The Morgan fingerprint density at radius 3 is 2.03 bits per heavy atom. The third kappa shape index (κ3) is 4.76. The molecule has 0 saturated heterocycles. The van der Waals surface area contributed by atoms with E-state index in [1.807, 2.05) is 35.2 Å². The average molecular weight is 475 g/mol. The van der Waals surface area contributed by atoms with Gasteiger partial charge >= 0.3 is 0 Å². The molecule has 0 N–H and O–H groups in total. The molecule has 36 heavy (non-hydrogen) atoms. The molecule has 2 aromatic heterocycles. The van der Waals surface area contributed by atoms with Gasteiger partial charge in [-0.2, -0.15) is 5.26 Å². The average Bonchev–Trinajstić information content (AvgIpc) is 3.32. The van der Waals surface area contributed by atoms with Crippen LogP contribution < -0.4 is 0 Å². The normalized spacial score (nSPS) is 11.2. The third-order valence-electron chi connectivity index (χ3n) is 6.23. The van der Waals surface area contributed by atoms with Crippen LogP contribution in [0.5, 0.6) is 0 Å². The van der Waals surface area contributed by atoms with Crippen molar-refractivity contribution in [3.8, 4) is 34.3 Å². The molecule has 4 rings (SSSR count). The fraction of sp³-hybridized carbons (Fsp3) is 0.300. The quantitative estimate of drug-likeness (QED) is 0.267. The van der Waals surface area contributed by atoms with Gasteiger partial charge in [-0.1, -0.05) is 59.7 Å². The number of nitriles is 1. The smallest absolute Gasteiger partial charge is 0.187 e. The molecule has 0 aliphatic carbocycles. The molecule has 0 bridgehead atoms. The van der Waals surface area contributed by atoms with E-state index in [9.17, 15) is 5.26 Å². The molecule has 0 saturated carbocycles. The van der Waals surface area contributed by atoms with E-state index in [1.54, 1.807) is 12.3 Å². The first-order valence-electron chi connectivity index (χ1n) is 12.2. The Kier molecular flexibility index (Phi) is 6.99. The summed E-state index contributed by atoms with van der Waals surface area (Å²) in [7, 11) is 0.